The van der Waals surface area contributed by atoms with Crippen LogP contribution in [0, 0.1) is 10.1 Å². The van der Waals surface area contributed by atoms with Gasteiger partial charge in [0, 0.05) is 35.9 Å². The molecule has 1 aromatic carbocycles. The highest BCUT2D eigenvalue weighted by atomic mass is 16.6. The molecule has 1 unspecified atom stereocenters. The lowest BCUT2D eigenvalue weighted by Crippen LogP contribution is -2.51. The molecule has 0 radical (unpaired) electrons. The van der Waals surface area contributed by atoms with Crippen LogP contribution in [0.1, 0.15) is 52.2 Å². The summed E-state index contributed by atoms with van der Waals surface area (Å²) in [5.41, 5.74) is 2.32. The van der Waals surface area contributed by atoms with Gasteiger partial charge in [0.1, 0.15) is 0 Å². The second kappa shape index (κ2) is 7.07. The van der Waals surface area contributed by atoms with Gasteiger partial charge in [-0.25, -0.2) is 0 Å². The number of nitrogens with one attached hydrogen (secondary N) is 1. The molecule has 6 nitrogen and oxygen atoms in total. The number of anilines is 1. The maximum atomic E-state index is 11.2. The molecule has 134 valence electrons. The summed E-state index contributed by atoms with van der Waals surface area (Å²) in [6.07, 6.45) is 1.85. The predicted octanol–water partition coefficient (Wildman–Crippen LogP) is 3.32. The third-order valence-electron chi connectivity index (χ3n) is 4.70. The number of nitro benzene ring substituents is 1. The van der Waals surface area contributed by atoms with Gasteiger partial charge in [-0.15, -0.1) is 0 Å². The van der Waals surface area contributed by atoms with Crippen LogP contribution in [-0.4, -0.2) is 39.1 Å². The Morgan fingerprint density at radius 2 is 2.08 bits per heavy atom. The molecule has 0 saturated carbocycles. The molecule has 0 amide bonds. The fourth-order valence-corrected chi connectivity index (χ4v) is 3.58. The summed E-state index contributed by atoms with van der Waals surface area (Å²) in [7, 11) is 0. The fraction of sp³-hybridized carbons (Fsp3) is 0.667. The summed E-state index contributed by atoms with van der Waals surface area (Å²) in [6.45, 7) is 11.6. The molecule has 1 atom stereocenters. The highest BCUT2D eigenvalue weighted by molar-refractivity contribution is 5.62. The van der Waals surface area contributed by atoms with Gasteiger partial charge in [0.25, 0.3) is 5.69 Å². The number of benzene rings is 1. The molecule has 1 aliphatic heterocycles. The number of aliphatic hydroxyl groups excluding tert-OH is 1. The lowest BCUT2D eigenvalue weighted by molar-refractivity contribution is -0.385. The van der Waals surface area contributed by atoms with Crippen molar-refractivity contribution in [3.63, 3.8) is 0 Å². The highest BCUT2D eigenvalue weighted by Crippen LogP contribution is 2.33. The smallest absolute Gasteiger partial charge is 0.276 e. The number of nitro groups is 1. The maximum Gasteiger partial charge on any atom is 0.276 e. The molecule has 24 heavy (non-hydrogen) atoms. The first kappa shape index (κ1) is 18.7. The molecule has 0 spiro atoms. The van der Waals surface area contributed by atoms with E-state index in [1.54, 1.807) is 12.1 Å². The number of fused-ring (bicyclic) bond motifs is 1. The van der Waals surface area contributed by atoms with Crippen molar-refractivity contribution in [2.24, 2.45) is 0 Å². The number of nitrogens with zero attached hydrogens (tertiary/aromatic N) is 2. The summed E-state index contributed by atoms with van der Waals surface area (Å²) in [4.78, 5) is 13.2. The van der Waals surface area contributed by atoms with Crippen molar-refractivity contribution >= 4 is 11.4 Å². The zero-order valence-corrected chi connectivity index (χ0v) is 15.3. The van der Waals surface area contributed by atoms with Gasteiger partial charge in [0.05, 0.1) is 17.1 Å². The van der Waals surface area contributed by atoms with Gasteiger partial charge in [-0.3, -0.25) is 15.0 Å². The summed E-state index contributed by atoms with van der Waals surface area (Å²) in [6, 6.07) is 4.03. The molecule has 2 N–H and O–H groups in total. The standard InChI is InChI=1S/C18H29N3O3/c1-12(2)20(18(3,4)5)10-15-7-6-13-8-14(11-22)17(21(23)24)9-16(13)19-15/h8-9,12,15,19,22H,6-7,10-11H2,1-5H3. The van der Waals surface area contributed by atoms with Gasteiger partial charge in [0.2, 0.25) is 0 Å². The molecule has 0 fully saturated rings. The van der Waals surface area contributed by atoms with Crippen molar-refractivity contribution in [3.05, 3.63) is 33.4 Å². The second-order valence-electron chi connectivity index (χ2n) is 7.85. The number of rotatable bonds is 5. The van der Waals surface area contributed by atoms with Gasteiger partial charge < -0.3 is 10.4 Å². The Morgan fingerprint density at radius 1 is 1.42 bits per heavy atom. The van der Waals surface area contributed by atoms with Crippen LogP contribution in [0.15, 0.2) is 12.1 Å². The van der Waals surface area contributed by atoms with Gasteiger partial charge in [0.15, 0.2) is 0 Å². The van der Waals surface area contributed by atoms with E-state index in [1.165, 1.54) is 0 Å². The first-order valence-electron chi connectivity index (χ1n) is 8.57. The first-order chi connectivity index (χ1) is 11.1. The minimum atomic E-state index is -0.424. The van der Waals surface area contributed by atoms with Gasteiger partial charge >= 0.3 is 0 Å². The molecule has 0 aromatic heterocycles. The third kappa shape index (κ3) is 4.05. The molecule has 0 saturated heterocycles. The van der Waals surface area contributed by atoms with Crippen LogP contribution in [0.25, 0.3) is 0 Å². The van der Waals surface area contributed by atoms with Crippen molar-refractivity contribution < 1.29 is 10.0 Å². The minimum Gasteiger partial charge on any atom is -0.391 e. The molecule has 2 rings (SSSR count). The summed E-state index contributed by atoms with van der Waals surface area (Å²) < 4.78 is 0. The first-order valence-corrected chi connectivity index (χ1v) is 8.57. The van der Waals surface area contributed by atoms with E-state index in [9.17, 15) is 15.2 Å². The summed E-state index contributed by atoms with van der Waals surface area (Å²) >= 11 is 0. The topological polar surface area (TPSA) is 78.6 Å². The number of aliphatic hydroxyl groups is 1. The lowest BCUT2D eigenvalue weighted by atomic mass is 9.93. The van der Waals surface area contributed by atoms with Crippen LogP contribution in [0.2, 0.25) is 0 Å². The van der Waals surface area contributed by atoms with Crippen molar-refractivity contribution in [2.75, 3.05) is 11.9 Å². The van der Waals surface area contributed by atoms with Gasteiger partial charge in [-0.1, -0.05) is 0 Å². The van der Waals surface area contributed by atoms with Crippen molar-refractivity contribution in [2.45, 2.75) is 71.7 Å². The van der Waals surface area contributed by atoms with Crippen LogP contribution < -0.4 is 5.32 Å². The van der Waals surface area contributed by atoms with E-state index in [2.05, 4.69) is 44.8 Å². The van der Waals surface area contributed by atoms with E-state index in [4.69, 9.17) is 0 Å². The van der Waals surface area contributed by atoms with E-state index >= 15 is 0 Å². The highest BCUT2D eigenvalue weighted by Gasteiger charge is 2.29. The zero-order valence-electron chi connectivity index (χ0n) is 15.3. The molecule has 1 heterocycles. The third-order valence-corrected chi connectivity index (χ3v) is 4.70. The van der Waals surface area contributed by atoms with Crippen molar-refractivity contribution in [1.82, 2.24) is 4.90 Å². The number of aryl methyl sites for hydroxylation is 1. The molecule has 1 aliphatic rings. The Balaban J connectivity index is 2.22. The van der Waals surface area contributed by atoms with E-state index < -0.39 is 4.92 Å². The van der Waals surface area contributed by atoms with Crippen molar-refractivity contribution in [3.8, 4) is 0 Å². The van der Waals surface area contributed by atoms with E-state index in [0.717, 1.165) is 30.6 Å². The molecule has 1 aromatic rings. The Labute approximate surface area is 144 Å². The van der Waals surface area contributed by atoms with E-state index in [1.807, 2.05) is 0 Å². The molecule has 0 bridgehead atoms. The number of hydrogen-bond acceptors (Lipinski definition) is 5. The van der Waals surface area contributed by atoms with Crippen LogP contribution in [0.3, 0.4) is 0 Å². The van der Waals surface area contributed by atoms with Crippen LogP contribution >= 0.6 is 0 Å². The largest absolute Gasteiger partial charge is 0.391 e. The van der Waals surface area contributed by atoms with Crippen LogP contribution in [0.5, 0.6) is 0 Å². The number of hydrogen-bond donors (Lipinski definition) is 2. The Bertz CT molecular complexity index is 608. The lowest BCUT2D eigenvalue weighted by Gasteiger charge is -2.42. The zero-order chi connectivity index (χ0) is 18.1. The summed E-state index contributed by atoms with van der Waals surface area (Å²) in [5, 5.41) is 24.0. The molecular weight excluding hydrogens is 306 g/mol. The predicted molar refractivity (Wildman–Crippen MR) is 96.3 cm³/mol. The Kier molecular flexibility index (Phi) is 5.50. The quantitative estimate of drug-likeness (QED) is 0.637. The second-order valence-corrected chi connectivity index (χ2v) is 7.85. The minimum absolute atomic E-state index is 0.0130. The molecule has 6 heteroatoms. The molecular formula is C18H29N3O3. The normalized spacial score (nSPS) is 17.8. The van der Waals surface area contributed by atoms with Gasteiger partial charge in [-0.05, 0) is 59.1 Å². The average molecular weight is 335 g/mol. The van der Waals surface area contributed by atoms with Crippen molar-refractivity contribution in [1.29, 1.82) is 0 Å². The fourth-order valence-electron chi connectivity index (χ4n) is 3.58. The van der Waals surface area contributed by atoms with Gasteiger partial charge in [-0.2, -0.15) is 0 Å². The van der Waals surface area contributed by atoms with E-state index in [-0.39, 0.29) is 23.9 Å². The summed E-state index contributed by atoms with van der Waals surface area (Å²) in [5.74, 6) is 0. The molecule has 0 aliphatic carbocycles. The average Bonchev–Trinajstić information content (AvgIpc) is 2.49. The SMILES string of the molecule is CC(C)N(CC1CCc2cc(CO)c([N+](=O)[O-])cc2N1)C(C)(C)C. The Morgan fingerprint density at radius 3 is 2.58 bits per heavy atom. The van der Waals surface area contributed by atoms with Crippen LogP contribution in [-0.2, 0) is 13.0 Å². The monoisotopic (exact) mass is 335 g/mol. The van der Waals surface area contributed by atoms with E-state index in [0.29, 0.717) is 11.6 Å². The Hall–Kier alpha value is -1.66. The van der Waals surface area contributed by atoms with Crippen LogP contribution in [0.4, 0.5) is 11.4 Å². The maximum absolute atomic E-state index is 11.2.